The Kier molecular flexibility index (Phi) is 5.41. The predicted octanol–water partition coefficient (Wildman–Crippen LogP) is 4.38. The Morgan fingerprint density at radius 1 is 1.31 bits per heavy atom. The van der Waals surface area contributed by atoms with Crippen LogP contribution in [-0.4, -0.2) is 20.7 Å². The standard InChI is InChI=1S/C18H18ClN3O2S2/c1-9-10(2)25-16-14(9)17(24)22(4)18(21-16)26-11(3)15(23)20-13-7-5-12(19)6-8-13/h5-8,11H,1-4H3,(H,20,23). The van der Waals surface area contributed by atoms with Gasteiger partial charge in [-0.25, -0.2) is 4.98 Å². The summed E-state index contributed by atoms with van der Waals surface area (Å²) in [6.45, 7) is 5.71. The minimum absolute atomic E-state index is 0.0790. The summed E-state index contributed by atoms with van der Waals surface area (Å²) in [5.74, 6) is -0.162. The minimum Gasteiger partial charge on any atom is -0.325 e. The Bertz CT molecular complexity index is 1040. The van der Waals surface area contributed by atoms with Gasteiger partial charge in [-0.3, -0.25) is 14.2 Å². The fourth-order valence-corrected chi connectivity index (χ4v) is 4.52. The lowest BCUT2D eigenvalue weighted by molar-refractivity contribution is -0.115. The third-order valence-corrected chi connectivity index (χ3v) is 6.63. The molecule has 0 aliphatic carbocycles. The molecule has 3 rings (SSSR count). The molecule has 2 heterocycles. The second-order valence-electron chi connectivity index (χ2n) is 5.98. The smallest absolute Gasteiger partial charge is 0.262 e. The number of halogens is 1. The number of thioether (sulfide) groups is 1. The summed E-state index contributed by atoms with van der Waals surface area (Å²) in [6.07, 6.45) is 0. The molecule has 26 heavy (non-hydrogen) atoms. The van der Waals surface area contributed by atoms with Crippen LogP contribution < -0.4 is 10.9 Å². The molecule has 3 aromatic rings. The van der Waals surface area contributed by atoms with Crippen molar-refractivity contribution in [2.45, 2.75) is 31.2 Å². The number of hydrogen-bond acceptors (Lipinski definition) is 5. The first-order valence-corrected chi connectivity index (χ1v) is 10.0. The lowest BCUT2D eigenvalue weighted by Gasteiger charge is -2.13. The van der Waals surface area contributed by atoms with E-state index >= 15 is 0 Å². The van der Waals surface area contributed by atoms with Gasteiger partial charge in [0, 0.05) is 22.6 Å². The van der Waals surface area contributed by atoms with Gasteiger partial charge in [0.25, 0.3) is 5.56 Å². The summed E-state index contributed by atoms with van der Waals surface area (Å²) in [5, 5.41) is 4.23. The van der Waals surface area contributed by atoms with Crippen molar-refractivity contribution in [3.63, 3.8) is 0 Å². The zero-order valence-electron chi connectivity index (χ0n) is 14.8. The fraction of sp³-hybridized carbons (Fsp3) is 0.278. The number of nitrogens with one attached hydrogen (secondary N) is 1. The molecular weight excluding hydrogens is 390 g/mol. The van der Waals surface area contributed by atoms with Crippen LogP contribution in [0.25, 0.3) is 10.2 Å². The Morgan fingerprint density at radius 2 is 1.96 bits per heavy atom. The highest BCUT2D eigenvalue weighted by molar-refractivity contribution is 8.00. The normalized spacial score (nSPS) is 12.3. The number of aryl methyl sites for hydroxylation is 2. The Balaban J connectivity index is 1.83. The molecule has 0 saturated carbocycles. The monoisotopic (exact) mass is 407 g/mol. The van der Waals surface area contributed by atoms with Crippen molar-refractivity contribution in [1.82, 2.24) is 9.55 Å². The van der Waals surface area contributed by atoms with Gasteiger partial charge in [-0.15, -0.1) is 11.3 Å². The molecule has 5 nitrogen and oxygen atoms in total. The first-order valence-electron chi connectivity index (χ1n) is 7.97. The van der Waals surface area contributed by atoms with E-state index in [9.17, 15) is 9.59 Å². The van der Waals surface area contributed by atoms with Crippen LogP contribution in [0.2, 0.25) is 5.02 Å². The molecule has 0 radical (unpaired) electrons. The first-order chi connectivity index (χ1) is 12.3. The highest BCUT2D eigenvalue weighted by atomic mass is 35.5. The highest BCUT2D eigenvalue weighted by Crippen LogP contribution is 2.29. The zero-order chi connectivity index (χ0) is 19.0. The first kappa shape index (κ1) is 18.9. The van der Waals surface area contributed by atoms with Crippen molar-refractivity contribution < 1.29 is 4.79 Å². The van der Waals surface area contributed by atoms with Crippen LogP contribution in [0.1, 0.15) is 17.4 Å². The number of rotatable bonds is 4. The quantitative estimate of drug-likeness (QED) is 0.514. The molecule has 8 heteroatoms. The van der Waals surface area contributed by atoms with Gasteiger partial charge >= 0.3 is 0 Å². The molecule has 1 atom stereocenters. The maximum Gasteiger partial charge on any atom is 0.262 e. The molecule has 0 fully saturated rings. The van der Waals surface area contributed by atoms with Gasteiger partial charge in [0.1, 0.15) is 4.83 Å². The third kappa shape index (κ3) is 3.65. The lowest BCUT2D eigenvalue weighted by atomic mass is 10.2. The van der Waals surface area contributed by atoms with Crippen LogP contribution in [0.15, 0.2) is 34.2 Å². The van der Waals surface area contributed by atoms with Crippen LogP contribution in [0.5, 0.6) is 0 Å². The molecule has 0 bridgehead atoms. The number of anilines is 1. The summed E-state index contributed by atoms with van der Waals surface area (Å²) in [4.78, 5) is 31.5. The maximum absolute atomic E-state index is 12.7. The number of hydrogen-bond donors (Lipinski definition) is 1. The van der Waals surface area contributed by atoms with Gasteiger partial charge in [-0.05, 0) is 50.6 Å². The van der Waals surface area contributed by atoms with Crippen LogP contribution in [0, 0.1) is 13.8 Å². The van der Waals surface area contributed by atoms with Crippen molar-refractivity contribution in [3.05, 3.63) is 50.1 Å². The Labute approximate surface area is 164 Å². The van der Waals surface area contributed by atoms with Crippen LogP contribution in [0.3, 0.4) is 0 Å². The molecule has 2 aromatic heterocycles. The molecule has 1 amide bonds. The Hall–Kier alpha value is -1.83. The highest BCUT2D eigenvalue weighted by Gasteiger charge is 2.20. The van der Waals surface area contributed by atoms with Crippen LogP contribution >= 0.6 is 34.7 Å². The number of amides is 1. The van der Waals surface area contributed by atoms with E-state index in [2.05, 4.69) is 10.3 Å². The van der Waals surface area contributed by atoms with E-state index in [0.717, 1.165) is 15.3 Å². The predicted molar refractivity (Wildman–Crippen MR) is 110 cm³/mol. The van der Waals surface area contributed by atoms with Crippen molar-refractivity contribution in [3.8, 4) is 0 Å². The van der Waals surface area contributed by atoms with Gasteiger partial charge in [0.15, 0.2) is 5.16 Å². The second kappa shape index (κ2) is 7.42. The van der Waals surface area contributed by atoms with Gasteiger partial charge in [0.2, 0.25) is 5.91 Å². The van der Waals surface area contributed by atoms with Crippen molar-refractivity contribution in [1.29, 1.82) is 0 Å². The molecule has 1 unspecified atom stereocenters. The number of fused-ring (bicyclic) bond motifs is 1. The minimum atomic E-state index is -0.414. The number of carbonyl (C=O) groups excluding carboxylic acids is 1. The Morgan fingerprint density at radius 3 is 2.62 bits per heavy atom. The molecule has 136 valence electrons. The van der Waals surface area contributed by atoms with Gasteiger partial charge in [-0.1, -0.05) is 23.4 Å². The molecule has 1 aromatic carbocycles. The summed E-state index contributed by atoms with van der Waals surface area (Å²) in [7, 11) is 1.69. The number of thiophene rings is 1. The third-order valence-electron chi connectivity index (χ3n) is 4.13. The van der Waals surface area contributed by atoms with E-state index in [1.807, 2.05) is 13.8 Å². The molecule has 1 N–H and O–H groups in total. The number of aromatic nitrogens is 2. The van der Waals surface area contributed by atoms with Gasteiger partial charge in [-0.2, -0.15) is 0 Å². The number of nitrogens with zero attached hydrogens (tertiary/aromatic N) is 2. The molecule has 0 spiro atoms. The summed E-state index contributed by atoms with van der Waals surface area (Å²) < 4.78 is 1.51. The molecule has 0 aliphatic heterocycles. The molecular formula is C18H18ClN3O2S2. The van der Waals surface area contributed by atoms with E-state index in [4.69, 9.17) is 11.6 Å². The maximum atomic E-state index is 12.7. The SMILES string of the molecule is Cc1sc2nc(SC(C)C(=O)Nc3ccc(Cl)cc3)n(C)c(=O)c2c1C. The summed E-state index contributed by atoms with van der Waals surface area (Å²) in [6, 6.07) is 6.93. The second-order valence-corrected chi connectivity index (χ2v) is 8.93. The van der Waals surface area contributed by atoms with Crippen molar-refractivity contribution >= 4 is 56.5 Å². The average molecular weight is 408 g/mol. The number of carbonyl (C=O) groups is 1. The van der Waals surface area contributed by atoms with Crippen molar-refractivity contribution in [2.75, 3.05) is 5.32 Å². The summed E-state index contributed by atoms with van der Waals surface area (Å²) >= 11 is 8.62. The largest absolute Gasteiger partial charge is 0.325 e. The van der Waals surface area contributed by atoms with E-state index in [0.29, 0.717) is 21.3 Å². The van der Waals surface area contributed by atoms with E-state index in [1.165, 1.54) is 27.7 Å². The van der Waals surface area contributed by atoms with E-state index in [1.54, 1.807) is 38.2 Å². The zero-order valence-corrected chi connectivity index (χ0v) is 17.2. The average Bonchev–Trinajstić information content (AvgIpc) is 2.88. The van der Waals surface area contributed by atoms with Crippen LogP contribution in [-0.2, 0) is 11.8 Å². The van der Waals surface area contributed by atoms with E-state index < -0.39 is 5.25 Å². The topological polar surface area (TPSA) is 64.0 Å². The van der Waals surface area contributed by atoms with Crippen molar-refractivity contribution in [2.24, 2.45) is 7.05 Å². The summed E-state index contributed by atoms with van der Waals surface area (Å²) in [5.41, 5.74) is 1.57. The van der Waals surface area contributed by atoms with Gasteiger partial charge < -0.3 is 5.32 Å². The van der Waals surface area contributed by atoms with Crippen LogP contribution in [0.4, 0.5) is 5.69 Å². The lowest BCUT2D eigenvalue weighted by Crippen LogP contribution is -2.25. The number of benzene rings is 1. The fourth-order valence-electron chi connectivity index (χ4n) is 2.45. The van der Waals surface area contributed by atoms with Gasteiger partial charge in [0.05, 0.1) is 10.6 Å². The van der Waals surface area contributed by atoms with E-state index in [-0.39, 0.29) is 11.5 Å². The molecule has 0 saturated heterocycles. The molecule has 0 aliphatic rings.